The molecule has 4 N–H and O–H groups in total. The average Bonchev–Trinajstić information content (AvgIpc) is 2.86. The minimum atomic E-state index is -4.45. The summed E-state index contributed by atoms with van der Waals surface area (Å²) in [4.78, 5) is 26.0. The van der Waals surface area contributed by atoms with E-state index in [4.69, 9.17) is 5.73 Å². The number of halogens is 4. The van der Waals surface area contributed by atoms with E-state index in [9.17, 15) is 22.8 Å². The van der Waals surface area contributed by atoms with Crippen molar-refractivity contribution in [1.29, 1.82) is 0 Å². The van der Waals surface area contributed by atoms with Crippen molar-refractivity contribution in [1.82, 2.24) is 0 Å². The van der Waals surface area contributed by atoms with Crippen molar-refractivity contribution in [3.63, 3.8) is 0 Å². The lowest BCUT2D eigenvalue weighted by Crippen LogP contribution is -2.17. The van der Waals surface area contributed by atoms with Crippen LogP contribution in [-0.2, 0) is 6.18 Å². The van der Waals surface area contributed by atoms with E-state index in [0.717, 1.165) is 12.1 Å². The molecule has 0 aliphatic carbocycles. The number of amides is 2. The number of benzene rings is 4. The van der Waals surface area contributed by atoms with Crippen LogP contribution < -0.4 is 16.4 Å². The van der Waals surface area contributed by atoms with Gasteiger partial charge in [0, 0.05) is 28.2 Å². The van der Waals surface area contributed by atoms with Gasteiger partial charge in [0.1, 0.15) is 0 Å². The first-order valence-corrected chi connectivity index (χ1v) is 11.0. The minimum Gasteiger partial charge on any atom is -0.399 e. The predicted molar refractivity (Wildman–Crippen MR) is 142 cm³/mol. The molecular formula is C28H23ClF3N3O2. The Balaban J connectivity index is 0.00000380. The third-order valence-corrected chi connectivity index (χ3v) is 5.69. The Labute approximate surface area is 217 Å². The number of hydrogen-bond acceptors (Lipinski definition) is 3. The topological polar surface area (TPSA) is 84.2 Å². The van der Waals surface area contributed by atoms with Crippen LogP contribution in [0.1, 0.15) is 31.8 Å². The van der Waals surface area contributed by atoms with Gasteiger partial charge >= 0.3 is 6.18 Å². The van der Waals surface area contributed by atoms with Gasteiger partial charge in [-0.2, -0.15) is 13.2 Å². The lowest BCUT2D eigenvalue weighted by Gasteiger charge is -2.15. The van der Waals surface area contributed by atoms with E-state index in [-0.39, 0.29) is 23.9 Å². The number of hydrogen-bond donors (Lipinski definition) is 3. The fourth-order valence-electron chi connectivity index (χ4n) is 3.74. The molecule has 0 aromatic heterocycles. The van der Waals surface area contributed by atoms with E-state index in [1.54, 1.807) is 73.7 Å². The molecule has 0 atom stereocenters. The quantitative estimate of drug-likeness (QED) is 0.241. The van der Waals surface area contributed by atoms with Crippen LogP contribution in [0.5, 0.6) is 0 Å². The lowest BCUT2D eigenvalue weighted by atomic mass is 9.97. The van der Waals surface area contributed by atoms with E-state index in [1.807, 2.05) is 0 Å². The summed E-state index contributed by atoms with van der Waals surface area (Å²) in [6.07, 6.45) is -4.45. The minimum absolute atomic E-state index is 0. The monoisotopic (exact) mass is 525 g/mol. The molecule has 0 bridgehead atoms. The third kappa shape index (κ3) is 6.29. The zero-order valence-corrected chi connectivity index (χ0v) is 20.4. The second-order valence-corrected chi connectivity index (χ2v) is 8.13. The molecule has 0 aliphatic rings. The summed E-state index contributed by atoms with van der Waals surface area (Å²) in [5.41, 5.74) is 8.68. The van der Waals surface area contributed by atoms with E-state index in [0.29, 0.717) is 39.3 Å². The number of anilines is 3. The Morgan fingerprint density at radius 1 is 0.730 bits per heavy atom. The van der Waals surface area contributed by atoms with Gasteiger partial charge in [-0.25, -0.2) is 0 Å². The van der Waals surface area contributed by atoms with Crippen molar-refractivity contribution in [3.05, 3.63) is 113 Å². The van der Waals surface area contributed by atoms with Gasteiger partial charge in [-0.1, -0.05) is 36.4 Å². The van der Waals surface area contributed by atoms with Crippen LogP contribution in [0.25, 0.3) is 11.1 Å². The van der Waals surface area contributed by atoms with Crippen LogP contribution in [0.2, 0.25) is 0 Å². The molecule has 4 aromatic carbocycles. The standard InChI is InChI=1S/C28H22F3N3O2.ClH/c1-17-22(26(35)33-21-15-13-20(32)14-16-21)7-4-8-25(17)34-27(36)24-6-3-2-5-23(24)18-9-11-19(12-10-18)28(29,30)31;/h2-16H,32H2,1H3,(H,33,35)(H,34,36);1H. The summed E-state index contributed by atoms with van der Waals surface area (Å²) in [5.74, 6) is -0.803. The largest absolute Gasteiger partial charge is 0.416 e. The van der Waals surface area contributed by atoms with E-state index in [1.165, 1.54) is 12.1 Å². The Morgan fingerprint density at radius 2 is 1.32 bits per heavy atom. The molecule has 0 spiro atoms. The van der Waals surface area contributed by atoms with Gasteiger partial charge in [0.2, 0.25) is 0 Å². The zero-order valence-electron chi connectivity index (χ0n) is 19.6. The average molecular weight is 526 g/mol. The fraction of sp³-hybridized carbons (Fsp3) is 0.0714. The molecule has 2 amide bonds. The van der Waals surface area contributed by atoms with E-state index < -0.39 is 17.6 Å². The summed E-state index contributed by atoms with van der Waals surface area (Å²) >= 11 is 0. The molecule has 0 saturated heterocycles. The Kier molecular flexibility index (Phi) is 8.24. The fourth-order valence-corrected chi connectivity index (χ4v) is 3.74. The molecule has 4 aromatic rings. The van der Waals surface area contributed by atoms with Gasteiger partial charge in [0.25, 0.3) is 11.8 Å². The smallest absolute Gasteiger partial charge is 0.399 e. The number of carbonyl (C=O) groups excluding carboxylic acids is 2. The number of carbonyl (C=O) groups is 2. The number of alkyl halides is 3. The first-order chi connectivity index (χ1) is 17.1. The first kappa shape index (κ1) is 27.3. The predicted octanol–water partition coefficient (Wildman–Crippen LogP) is 7.19. The van der Waals surface area contributed by atoms with Crippen molar-refractivity contribution in [2.24, 2.45) is 0 Å². The molecule has 0 saturated carbocycles. The van der Waals surface area contributed by atoms with Gasteiger partial charge in [0.05, 0.1) is 5.56 Å². The number of nitrogens with one attached hydrogen (secondary N) is 2. The Hall–Kier alpha value is -4.30. The maximum atomic E-state index is 13.2. The van der Waals surface area contributed by atoms with Crippen molar-refractivity contribution in [2.45, 2.75) is 13.1 Å². The van der Waals surface area contributed by atoms with Gasteiger partial charge < -0.3 is 16.4 Å². The summed E-state index contributed by atoms with van der Waals surface area (Å²) in [6.45, 7) is 1.72. The second kappa shape index (κ2) is 11.2. The van der Waals surface area contributed by atoms with Crippen LogP contribution in [-0.4, -0.2) is 11.8 Å². The molecule has 0 heterocycles. The maximum absolute atomic E-state index is 13.2. The van der Waals surface area contributed by atoms with Crippen molar-refractivity contribution >= 4 is 41.3 Å². The molecule has 0 unspecified atom stereocenters. The highest BCUT2D eigenvalue weighted by Crippen LogP contribution is 2.32. The van der Waals surface area contributed by atoms with Crippen LogP contribution in [0.4, 0.5) is 30.2 Å². The first-order valence-electron chi connectivity index (χ1n) is 11.0. The van der Waals surface area contributed by atoms with Gasteiger partial charge in [-0.05, 0) is 78.2 Å². The third-order valence-electron chi connectivity index (χ3n) is 5.69. The molecule has 4 rings (SSSR count). The van der Waals surface area contributed by atoms with Crippen molar-refractivity contribution < 1.29 is 22.8 Å². The van der Waals surface area contributed by atoms with Crippen LogP contribution in [0, 0.1) is 6.92 Å². The zero-order chi connectivity index (χ0) is 25.9. The Morgan fingerprint density at radius 3 is 1.97 bits per heavy atom. The maximum Gasteiger partial charge on any atom is 0.416 e. The summed E-state index contributed by atoms with van der Waals surface area (Å²) in [7, 11) is 0. The van der Waals surface area contributed by atoms with E-state index >= 15 is 0 Å². The molecule has 0 radical (unpaired) electrons. The number of rotatable bonds is 5. The molecule has 190 valence electrons. The molecule has 5 nitrogen and oxygen atoms in total. The summed E-state index contributed by atoms with van der Waals surface area (Å²) < 4.78 is 38.8. The number of nitrogen functional groups attached to an aromatic ring is 1. The second-order valence-electron chi connectivity index (χ2n) is 8.13. The molecule has 9 heteroatoms. The normalized spacial score (nSPS) is 10.8. The van der Waals surface area contributed by atoms with Gasteiger partial charge in [-0.3, -0.25) is 9.59 Å². The summed E-state index contributed by atoms with van der Waals surface area (Å²) in [6, 6.07) is 23.0. The number of nitrogens with two attached hydrogens (primary N) is 1. The SMILES string of the molecule is Cc1c(NC(=O)c2ccccc2-c2ccc(C(F)(F)F)cc2)cccc1C(=O)Nc1ccc(N)cc1.Cl. The molecular weight excluding hydrogens is 503 g/mol. The lowest BCUT2D eigenvalue weighted by molar-refractivity contribution is -0.137. The highest BCUT2D eigenvalue weighted by atomic mass is 35.5. The van der Waals surface area contributed by atoms with Crippen molar-refractivity contribution in [3.8, 4) is 11.1 Å². The van der Waals surface area contributed by atoms with Crippen LogP contribution in [0.15, 0.2) is 91.0 Å². The highest BCUT2D eigenvalue weighted by Gasteiger charge is 2.30. The summed E-state index contributed by atoms with van der Waals surface area (Å²) in [5, 5.41) is 5.62. The van der Waals surface area contributed by atoms with Crippen LogP contribution in [0.3, 0.4) is 0 Å². The van der Waals surface area contributed by atoms with E-state index in [2.05, 4.69) is 10.6 Å². The van der Waals surface area contributed by atoms with Gasteiger partial charge in [0.15, 0.2) is 0 Å². The molecule has 37 heavy (non-hydrogen) atoms. The Bertz CT molecular complexity index is 1420. The van der Waals surface area contributed by atoms with Crippen molar-refractivity contribution in [2.75, 3.05) is 16.4 Å². The molecule has 0 fully saturated rings. The van der Waals surface area contributed by atoms with Gasteiger partial charge in [-0.15, -0.1) is 12.4 Å². The molecule has 0 aliphatic heterocycles. The highest BCUT2D eigenvalue weighted by molar-refractivity contribution is 6.11. The van der Waals surface area contributed by atoms with Crippen LogP contribution >= 0.6 is 12.4 Å².